The molecule has 0 bridgehead atoms. The molecule has 0 aliphatic rings. The van der Waals surface area contributed by atoms with Crippen LogP contribution < -0.4 is 0 Å². The van der Waals surface area contributed by atoms with Gasteiger partial charge in [0.25, 0.3) is 0 Å². The van der Waals surface area contributed by atoms with Crippen LogP contribution in [0.1, 0.15) is 90.9 Å². The summed E-state index contributed by atoms with van der Waals surface area (Å²) in [5, 5.41) is 34.0. The van der Waals surface area contributed by atoms with Crippen LogP contribution in [0.3, 0.4) is 0 Å². The Morgan fingerprint density at radius 3 is 1.14 bits per heavy atom. The Hall–Kier alpha value is 0.150. The van der Waals surface area contributed by atoms with Gasteiger partial charge in [-0.15, -0.1) is 0 Å². The number of hydrogen-bond donors (Lipinski definition) is 5. The smallest absolute Gasteiger partial charge is 0.329 e. The van der Waals surface area contributed by atoms with Crippen molar-refractivity contribution < 1.29 is 34.4 Å². The van der Waals surface area contributed by atoms with Crippen molar-refractivity contribution in [3.63, 3.8) is 0 Å². The minimum absolute atomic E-state index is 0.406. The van der Waals surface area contributed by atoms with Crippen LogP contribution in [0.4, 0.5) is 0 Å². The Kier molecular flexibility index (Phi) is 26.4. The van der Waals surface area contributed by atoms with Gasteiger partial charge in [0.1, 0.15) is 0 Å². The van der Waals surface area contributed by atoms with E-state index < -0.39 is 40.4 Å². The molecule has 0 radical (unpaired) electrons. The predicted molar refractivity (Wildman–Crippen MR) is 119 cm³/mol. The molecule has 0 saturated heterocycles. The van der Waals surface area contributed by atoms with E-state index in [0.717, 1.165) is 12.8 Å². The average Bonchev–Trinajstić information content (AvgIpc) is 2.75. The average molecular weight is 443 g/mol. The van der Waals surface area contributed by atoms with Crippen molar-refractivity contribution >= 4 is 8.60 Å². The van der Waals surface area contributed by atoms with E-state index in [9.17, 15) is 4.89 Å². The summed E-state index contributed by atoms with van der Waals surface area (Å²) in [5.41, 5.74) is -1.11. The lowest BCUT2D eigenvalue weighted by atomic mass is 9.93. The molecule has 0 saturated carbocycles. The number of rotatable bonds is 20. The van der Waals surface area contributed by atoms with E-state index in [0.29, 0.717) is 13.2 Å². The van der Waals surface area contributed by atoms with Crippen molar-refractivity contribution in [1.29, 1.82) is 0 Å². The summed E-state index contributed by atoms with van der Waals surface area (Å²) in [7, 11) is -1.64. The van der Waals surface area contributed by atoms with E-state index >= 15 is 0 Å². The molecular weight excluding hydrogens is 395 g/mol. The van der Waals surface area contributed by atoms with Gasteiger partial charge in [0.2, 0.25) is 0 Å². The molecule has 0 atom stereocenters. The molecule has 8 heteroatoms. The van der Waals surface area contributed by atoms with Crippen molar-refractivity contribution in [1.82, 2.24) is 0 Å². The van der Waals surface area contributed by atoms with E-state index in [-0.39, 0.29) is 0 Å². The molecule has 0 amide bonds. The van der Waals surface area contributed by atoms with Crippen LogP contribution in [-0.4, -0.2) is 65.0 Å². The van der Waals surface area contributed by atoms with E-state index in [1.807, 2.05) is 0 Å². The topological polar surface area (TPSA) is 120 Å². The zero-order valence-electron chi connectivity index (χ0n) is 18.7. The molecule has 0 aromatic carbocycles. The standard InChI is InChI=1S/C16H35O3P.C5H12O4/c1-3-5-7-9-11-13-15-18-20(17)19-16-14-12-10-8-6-4-2;6-1-5(2-7,3-8)4-9/h17H,3-16H2,1-2H3;6-9H,1-4H2. The van der Waals surface area contributed by atoms with Gasteiger partial charge >= 0.3 is 8.60 Å². The monoisotopic (exact) mass is 442 g/mol. The van der Waals surface area contributed by atoms with Crippen LogP contribution in [0.15, 0.2) is 0 Å². The van der Waals surface area contributed by atoms with Gasteiger partial charge in [-0.1, -0.05) is 78.1 Å². The highest BCUT2D eigenvalue weighted by atomic mass is 31.2. The lowest BCUT2D eigenvalue weighted by Crippen LogP contribution is -2.37. The van der Waals surface area contributed by atoms with E-state index in [2.05, 4.69) is 13.8 Å². The third kappa shape index (κ3) is 21.2. The van der Waals surface area contributed by atoms with Gasteiger partial charge < -0.3 is 34.4 Å². The molecule has 0 rings (SSSR count). The van der Waals surface area contributed by atoms with Crippen LogP contribution in [0, 0.1) is 5.41 Å². The van der Waals surface area contributed by atoms with Crippen LogP contribution in [0.2, 0.25) is 0 Å². The van der Waals surface area contributed by atoms with Gasteiger partial charge in [0.05, 0.1) is 45.1 Å². The number of aliphatic hydroxyl groups is 4. The fourth-order valence-electron chi connectivity index (χ4n) is 2.39. The van der Waals surface area contributed by atoms with E-state index in [1.54, 1.807) is 0 Å². The van der Waals surface area contributed by atoms with E-state index in [1.165, 1.54) is 64.2 Å². The van der Waals surface area contributed by atoms with Gasteiger partial charge in [-0.2, -0.15) is 0 Å². The molecule has 0 unspecified atom stereocenters. The maximum atomic E-state index is 9.55. The van der Waals surface area contributed by atoms with Crippen LogP contribution in [-0.2, 0) is 9.05 Å². The summed E-state index contributed by atoms with van der Waals surface area (Å²) in [5.74, 6) is 0. The Bertz CT molecular complexity index is 269. The molecule has 0 heterocycles. The zero-order chi connectivity index (χ0) is 22.2. The summed E-state index contributed by atoms with van der Waals surface area (Å²) in [6, 6.07) is 0. The lowest BCUT2D eigenvalue weighted by molar-refractivity contribution is -0.0328. The molecule has 0 aliphatic carbocycles. The maximum absolute atomic E-state index is 9.55. The van der Waals surface area contributed by atoms with Crippen molar-refractivity contribution in [3.8, 4) is 0 Å². The Morgan fingerprint density at radius 1 is 0.552 bits per heavy atom. The van der Waals surface area contributed by atoms with Crippen molar-refractivity contribution in [3.05, 3.63) is 0 Å². The number of unbranched alkanes of at least 4 members (excludes halogenated alkanes) is 10. The molecule has 178 valence electrons. The van der Waals surface area contributed by atoms with E-state index in [4.69, 9.17) is 29.5 Å². The Balaban J connectivity index is 0. The molecule has 0 fully saturated rings. The molecule has 0 aromatic heterocycles. The summed E-state index contributed by atoms with van der Waals surface area (Å²) in [4.78, 5) is 9.55. The zero-order valence-corrected chi connectivity index (χ0v) is 19.6. The van der Waals surface area contributed by atoms with Crippen molar-refractivity contribution in [2.24, 2.45) is 5.41 Å². The highest BCUT2D eigenvalue weighted by Gasteiger charge is 2.26. The second kappa shape index (κ2) is 24.4. The fraction of sp³-hybridized carbons (Fsp3) is 1.00. The van der Waals surface area contributed by atoms with Gasteiger partial charge in [-0.3, -0.25) is 0 Å². The van der Waals surface area contributed by atoms with Gasteiger partial charge in [0, 0.05) is 0 Å². The number of aliphatic hydroxyl groups excluding tert-OH is 4. The van der Waals surface area contributed by atoms with Gasteiger partial charge in [-0.05, 0) is 12.8 Å². The molecule has 0 aliphatic heterocycles. The molecular formula is C21H47O7P. The van der Waals surface area contributed by atoms with Crippen molar-refractivity contribution in [2.45, 2.75) is 90.9 Å². The minimum atomic E-state index is -1.64. The van der Waals surface area contributed by atoms with Crippen LogP contribution in [0.25, 0.3) is 0 Å². The Labute approximate surface area is 179 Å². The fourth-order valence-corrected chi connectivity index (χ4v) is 3.03. The van der Waals surface area contributed by atoms with Crippen LogP contribution >= 0.6 is 8.60 Å². The SMILES string of the molecule is CCCCCCCCOP(O)OCCCCCCCC.OCC(CO)(CO)CO. The third-order valence-corrected chi connectivity index (χ3v) is 5.55. The first-order valence-corrected chi connectivity index (χ1v) is 12.4. The highest BCUT2D eigenvalue weighted by Crippen LogP contribution is 2.33. The molecule has 0 aromatic rings. The molecule has 0 spiro atoms. The van der Waals surface area contributed by atoms with Crippen molar-refractivity contribution in [2.75, 3.05) is 39.6 Å². The summed E-state index contributed by atoms with van der Waals surface area (Å²) in [6.45, 7) is 4.09. The largest absolute Gasteiger partial charge is 0.396 e. The van der Waals surface area contributed by atoms with Crippen LogP contribution in [0.5, 0.6) is 0 Å². The lowest BCUT2D eigenvalue weighted by Gasteiger charge is -2.23. The second-order valence-corrected chi connectivity index (χ2v) is 8.56. The minimum Gasteiger partial charge on any atom is -0.396 e. The maximum Gasteiger partial charge on any atom is 0.329 e. The second-order valence-electron chi connectivity index (χ2n) is 7.57. The molecule has 29 heavy (non-hydrogen) atoms. The first-order chi connectivity index (χ1) is 14.1. The first-order valence-electron chi connectivity index (χ1n) is 11.2. The molecule has 5 N–H and O–H groups in total. The summed E-state index contributed by atoms with van der Waals surface area (Å²) in [6.07, 6.45) is 14.9. The quantitative estimate of drug-likeness (QED) is 0.143. The normalized spacial score (nSPS) is 11.6. The first kappa shape index (κ1) is 31.3. The van der Waals surface area contributed by atoms with Gasteiger partial charge in [-0.25, -0.2) is 0 Å². The Morgan fingerprint density at radius 2 is 0.862 bits per heavy atom. The van der Waals surface area contributed by atoms with Gasteiger partial charge in [0.15, 0.2) is 0 Å². The third-order valence-electron chi connectivity index (χ3n) is 4.74. The summed E-state index contributed by atoms with van der Waals surface area (Å²) < 4.78 is 10.6. The summed E-state index contributed by atoms with van der Waals surface area (Å²) >= 11 is 0. The predicted octanol–water partition coefficient (Wildman–Crippen LogP) is 3.90. The number of hydrogen-bond acceptors (Lipinski definition) is 7. The highest BCUT2D eigenvalue weighted by molar-refractivity contribution is 7.40. The molecule has 7 nitrogen and oxygen atoms in total.